The molecule has 144 valence electrons. The van der Waals surface area contributed by atoms with Gasteiger partial charge in [0.25, 0.3) is 11.8 Å². The zero-order valence-corrected chi connectivity index (χ0v) is 15.8. The lowest BCUT2D eigenvalue weighted by Crippen LogP contribution is -2.49. The van der Waals surface area contributed by atoms with Gasteiger partial charge in [0.15, 0.2) is 5.76 Å². The summed E-state index contributed by atoms with van der Waals surface area (Å²) in [6, 6.07) is 5.07. The molecule has 3 heterocycles. The van der Waals surface area contributed by atoms with Gasteiger partial charge in [-0.05, 0) is 31.5 Å². The molecule has 1 aliphatic heterocycles. The third-order valence-corrected chi connectivity index (χ3v) is 4.47. The summed E-state index contributed by atoms with van der Waals surface area (Å²) in [4.78, 5) is 37.3. The molecule has 0 radical (unpaired) electrons. The first-order valence-corrected chi connectivity index (χ1v) is 9.30. The van der Waals surface area contributed by atoms with E-state index in [9.17, 15) is 9.59 Å². The van der Waals surface area contributed by atoms with Crippen molar-refractivity contribution in [3.8, 4) is 0 Å². The van der Waals surface area contributed by atoms with Crippen LogP contribution in [0.2, 0.25) is 0 Å². The first-order valence-electron chi connectivity index (χ1n) is 9.30. The van der Waals surface area contributed by atoms with E-state index in [1.54, 1.807) is 23.1 Å². The maximum absolute atomic E-state index is 12.4. The Balaban J connectivity index is 1.63. The quantitative estimate of drug-likeness (QED) is 0.780. The van der Waals surface area contributed by atoms with Gasteiger partial charge in [-0.25, -0.2) is 9.97 Å². The molecule has 1 saturated heterocycles. The van der Waals surface area contributed by atoms with Crippen molar-refractivity contribution in [2.24, 2.45) is 0 Å². The molecule has 2 amide bonds. The molecule has 1 fully saturated rings. The topological polar surface area (TPSA) is 91.6 Å². The molecule has 3 rings (SSSR count). The zero-order chi connectivity index (χ0) is 19.2. The van der Waals surface area contributed by atoms with E-state index in [4.69, 9.17) is 4.42 Å². The first kappa shape index (κ1) is 18.9. The second kappa shape index (κ2) is 8.66. The number of hydrogen-bond acceptors (Lipinski definition) is 6. The van der Waals surface area contributed by atoms with Gasteiger partial charge in [0.1, 0.15) is 5.69 Å². The van der Waals surface area contributed by atoms with Crippen molar-refractivity contribution in [1.29, 1.82) is 0 Å². The molecule has 8 nitrogen and oxygen atoms in total. The van der Waals surface area contributed by atoms with E-state index in [1.807, 2.05) is 11.8 Å². The van der Waals surface area contributed by atoms with Gasteiger partial charge in [-0.2, -0.15) is 0 Å². The number of aryl methyl sites for hydroxylation is 1. The second-order valence-electron chi connectivity index (χ2n) is 6.56. The Labute approximate surface area is 158 Å². The third kappa shape index (κ3) is 4.64. The number of amides is 2. The number of carbonyl (C=O) groups is 2. The monoisotopic (exact) mass is 371 g/mol. The fourth-order valence-corrected chi connectivity index (χ4v) is 2.95. The summed E-state index contributed by atoms with van der Waals surface area (Å²) in [6.45, 7) is 6.88. The molecule has 2 aromatic rings. The van der Waals surface area contributed by atoms with Crippen molar-refractivity contribution in [2.45, 2.75) is 26.7 Å². The lowest BCUT2D eigenvalue weighted by Gasteiger charge is -2.34. The van der Waals surface area contributed by atoms with Crippen LogP contribution in [0.15, 0.2) is 28.9 Å². The fourth-order valence-electron chi connectivity index (χ4n) is 2.95. The van der Waals surface area contributed by atoms with Crippen molar-refractivity contribution >= 4 is 17.8 Å². The third-order valence-electron chi connectivity index (χ3n) is 4.47. The van der Waals surface area contributed by atoms with E-state index in [2.05, 4.69) is 22.2 Å². The zero-order valence-electron chi connectivity index (χ0n) is 15.8. The van der Waals surface area contributed by atoms with Gasteiger partial charge < -0.3 is 19.5 Å². The van der Waals surface area contributed by atoms with Crippen LogP contribution < -0.4 is 10.2 Å². The maximum Gasteiger partial charge on any atom is 0.289 e. The van der Waals surface area contributed by atoms with Gasteiger partial charge in [-0.3, -0.25) is 9.59 Å². The largest absolute Gasteiger partial charge is 0.459 e. The SMILES string of the molecule is CCCCNC(=O)c1cc(C)nc(N2CCN(C(=O)c3ccco3)CC2)n1. The number of nitrogens with zero attached hydrogens (tertiary/aromatic N) is 4. The molecule has 0 atom stereocenters. The normalized spacial score (nSPS) is 14.3. The van der Waals surface area contributed by atoms with Crippen molar-refractivity contribution in [1.82, 2.24) is 20.2 Å². The van der Waals surface area contributed by atoms with E-state index in [0.717, 1.165) is 18.5 Å². The average Bonchev–Trinajstić information content (AvgIpc) is 3.22. The predicted molar refractivity (Wildman–Crippen MR) is 101 cm³/mol. The minimum absolute atomic E-state index is 0.110. The van der Waals surface area contributed by atoms with Crippen LogP contribution in [0.3, 0.4) is 0 Å². The molecule has 0 aromatic carbocycles. The summed E-state index contributed by atoms with van der Waals surface area (Å²) in [5, 5.41) is 2.88. The smallest absolute Gasteiger partial charge is 0.289 e. The van der Waals surface area contributed by atoms with E-state index >= 15 is 0 Å². The highest BCUT2D eigenvalue weighted by Crippen LogP contribution is 2.15. The molecule has 0 bridgehead atoms. The van der Waals surface area contributed by atoms with Crippen LogP contribution in [-0.4, -0.2) is 59.4 Å². The number of hydrogen-bond donors (Lipinski definition) is 1. The fraction of sp³-hybridized carbons (Fsp3) is 0.474. The average molecular weight is 371 g/mol. The Morgan fingerprint density at radius 2 is 2.00 bits per heavy atom. The molecule has 8 heteroatoms. The Bertz CT molecular complexity index is 783. The highest BCUT2D eigenvalue weighted by atomic mass is 16.3. The van der Waals surface area contributed by atoms with Crippen molar-refractivity contribution in [3.63, 3.8) is 0 Å². The molecule has 1 aliphatic rings. The molecule has 1 N–H and O–H groups in total. The number of rotatable bonds is 6. The van der Waals surface area contributed by atoms with E-state index in [1.165, 1.54) is 6.26 Å². The number of piperazine rings is 1. The van der Waals surface area contributed by atoms with Crippen molar-refractivity contribution < 1.29 is 14.0 Å². The Morgan fingerprint density at radius 3 is 2.67 bits per heavy atom. The maximum atomic E-state index is 12.4. The molecule has 2 aromatic heterocycles. The highest BCUT2D eigenvalue weighted by molar-refractivity contribution is 5.92. The number of anilines is 1. The van der Waals surface area contributed by atoms with Crippen molar-refractivity contribution in [2.75, 3.05) is 37.6 Å². The standard InChI is InChI=1S/C19H25N5O3/c1-3-4-7-20-17(25)15-13-14(2)21-19(22-15)24-10-8-23(9-11-24)18(26)16-6-5-12-27-16/h5-6,12-13H,3-4,7-11H2,1-2H3,(H,20,25). The Hall–Kier alpha value is -2.90. The predicted octanol–water partition coefficient (Wildman–Crippen LogP) is 1.87. The van der Waals surface area contributed by atoms with Crippen LogP contribution in [0.1, 0.15) is 46.5 Å². The Kier molecular flexibility index (Phi) is 6.05. The summed E-state index contributed by atoms with van der Waals surface area (Å²) >= 11 is 0. The molecule has 0 saturated carbocycles. The van der Waals surface area contributed by atoms with Crippen molar-refractivity contribution in [3.05, 3.63) is 41.6 Å². The summed E-state index contributed by atoms with van der Waals surface area (Å²) in [5.74, 6) is 0.588. The number of unbranched alkanes of at least 4 members (excludes halogenated alkanes) is 1. The van der Waals surface area contributed by atoms with E-state index in [-0.39, 0.29) is 11.8 Å². The molecule has 0 aliphatic carbocycles. The summed E-state index contributed by atoms with van der Waals surface area (Å²) in [7, 11) is 0. The molecule has 27 heavy (non-hydrogen) atoms. The number of aromatic nitrogens is 2. The number of nitrogens with one attached hydrogen (secondary N) is 1. The Morgan fingerprint density at radius 1 is 1.22 bits per heavy atom. The van der Waals surface area contributed by atoms with Gasteiger partial charge in [0.05, 0.1) is 6.26 Å². The second-order valence-corrected chi connectivity index (χ2v) is 6.56. The summed E-state index contributed by atoms with van der Waals surface area (Å²) < 4.78 is 5.18. The van der Waals surface area contributed by atoms with Gasteiger partial charge in [-0.1, -0.05) is 13.3 Å². The van der Waals surface area contributed by atoms with Gasteiger partial charge in [-0.15, -0.1) is 0 Å². The lowest BCUT2D eigenvalue weighted by atomic mass is 10.2. The minimum Gasteiger partial charge on any atom is -0.459 e. The van der Waals surface area contributed by atoms with Crippen LogP contribution in [0.5, 0.6) is 0 Å². The molecular weight excluding hydrogens is 346 g/mol. The van der Waals surface area contributed by atoms with Crippen LogP contribution in [0.4, 0.5) is 5.95 Å². The molecule has 0 spiro atoms. The van der Waals surface area contributed by atoms with Crippen LogP contribution in [0.25, 0.3) is 0 Å². The van der Waals surface area contributed by atoms with E-state index < -0.39 is 0 Å². The van der Waals surface area contributed by atoms with Gasteiger partial charge >= 0.3 is 0 Å². The van der Waals surface area contributed by atoms with Gasteiger partial charge in [0.2, 0.25) is 5.95 Å². The minimum atomic E-state index is -0.179. The molecule has 0 unspecified atom stereocenters. The number of carbonyl (C=O) groups excluding carboxylic acids is 2. The van der Waals surface area contributed by atoms with Gasteiger partial charge in [0, 0.05) is 38.4 Å². The first-order chi connectivity index (χ1) is 13.1. The lowest BCUT2D eigenvalue weighted by molar-refractivity contribution is 0.0714. The number of furan rings is 1. The summed E-state index contributed by atoms with van der Waals surface area (Å²) in [5.41, 5.74) is 1.12. The van der Waals surface area contributed by atoms with E-state index in [0.29, 0.717) is 50.1 Å². The van der Waals surface area contributed by atoms with Crippen LogP contribution in [0, 0.1) is 6.92 Å². The summed E-state index contributed by atoms with van der Waals surface area (Å²) in [6.07, 6.45) is 3.46. The molecular formula is C19H25N5O3. The van der Waals surface area contributed by atoms with Crippen LogP contribution >= 0.6 is 0 Å². The van der Waals surface area contributed by atoms with Crippen LogP contribution in [-0.2, 0) is 0 Å². The highest BCUT2D eigenvalue weighted by Gasteiger charge is 2.25.